The van der Waals surface area contributed by atoms with E-state index in [2.05, 4.69) is 39.6 Å². The number of nitrogens with one attached hydrogen (secondary N) is 1. The van der Waals surface area contributed by atoms with Crippen LogP contribution in [0.25, 0.3) is 0 Å². The van der Waals surface area contributed by atoms with Crippen LogP contribution in [-0.4, -0.2) is 12.1 Å². The zero-order valence-corrected chi connectivity index (χ0v) is 11.1. The lowest BCUT2D eigenvalue weighted by molar-refractivity contribution is 0.407. The van der Waals surface area contributed by atoms with Crippen LogP contribution in [0.1, 0.15) is 59.8 Å². The number of allylic oxidation sites excluding steroid dienone is 1. The van der Waals surface area contributed by atoms with Gasteiger partial charge in [-0.15, -0.1) is 6.58 Å². The lowest BCUT2D eigenvalue weighted by atomic mass is 10.0. The van der Waals surface area contributed by atoms with Crippen LogP contribution in [0.4, 0.5) is 0 Å². The summed E-state index contributed by atoms with van der Waals surface area (Å²) in [6, 6.07) is 1.28. The van der Waals surface area contributed by atoms with Gasteiger partial charge < -0.3 is 5.32 Å². The van der Waals surface area contributed by atoms with Crippen LogP contribution in [0.2, 0.25) is 0 Å². The molecule has 0 aliphatic rings. The van der Waals surface area contributed by atoms with Crippen LogP contribution in [0.3, 0.4) is 0 Å². The van der Waals surface area contributed by atoms with E-state index in [1.165, 1.54) is 25.7 Å². The average Bonchev–Trinajstić information content (AvgIpc) is 2.14. The quantitative estimate of drug-likeness (QED) is 0.565. The Bertz CT molecular complexity index is 151. The van der Waals surface area contributed by atoms with E-state index in [-0.39, 0.29) is 0 Å². The largest absolute Gasteiger partial charge is 0.312 e. The van der Waals surface area contributed by atoms with Crippen LogP contribution in [0.5, 0.6) is 0 Å². The summed E-state index contributed by atoms with van der Waals surface area (Å²) in [7, 11) is 0. The second-order valence-electron chi connectivity index (χ2n) is 5.16. The molecule has 2 unspecified atom stereocenters. The molecule has 1 nitrogen and oxygen atoms in total. The molecule has 0 aromatic carbocycles. The fourth-order valence-electron chi connectivity index (χ4n) is 1.85. The monoisotopic (exact) mass is 211 g/mol. The van der Waals surface area contributed by atoms with Crippen molar-refractivity contribution in [3.63, 3.8) is 0 Å². The van der Waals surface area contributed by atoms with Gasteiger partial charge in [0.1, 0.15) is 0 Å². The maximum Gasteiger partial charge on any atom is 0.00441 e. The molecular formula is C14H29N. The first-order valence-electron chi connectivity index (χ1n) is 6.43. The van der Waals surface area contributed by atoms with E-state index in [9.17, 15) is 0 Å². The second kappa shape index (κ2) is 8.96. The van der Waals surface area contributed by atoms with Crippen molar-refractivity contribution in [1.29, 1.82) is 0 Å². The fraction of sp³-hybridized carbons (Fsp3) is 0.857. The van der Waals surface area contributed by atoms with Crippen molar-refractivity contribution in [2.45, 2.75) is 71.9 Å². The molecule has 0 spiro atoms. The van der Waals surface area contributed by atoms with Gasteiger partial charge in [-0.3, -0.25) is 0 Å². The highest BCUT2D eigenvalue weighted by Gasteiger charge is 2.06. The summed E-state index contributed by atoms with van der Waals surface area (Å²) in [6.45, 7) is 12.9. The maximum absolute atomic E-state index is 3.75. The zero-order chi connectivity index (χ0) is 11.7. The van der Waals surface area contributed by atoms with E-state index in [0.717, 1.165) is 12.3 Å². The molecule has 0 amide bonds. The van der Waals surface area contributed by atoms with E-state index in [0.29, 0.717) is 12.1 Å². The first-order valence-corrected chi connectivity index (χ1v) is 6.43. The van der Waals surface area contributed by atoms with Crippen molar-refractivity contribution in [2.75, 3.05) is 0 Å². The third-order valence-electron chi connectivity index (χ3n) is 2.79. The van der Waals surface area contributed by atoms with Gasteiger partial charge >= 0.3 is 0 Å². The third-order valence-corrected chi connectivity index (χ3v) is 2.79. The Morgan fingerprint density at radius 1 is 1.00 bits per heavy atom. The summed E-state index contributed by atoms with van der Waals surface area (Å²) >= 11 is 0. The lowest BCUT2D eigenvalue weighted by Gasteiger charge is -2.19. The van der Waals surface area contributed by atoms with Crippen LogP contribution in [0.15, 0.2) is 12.7 Å². The van der Waals surface area contributed by atoms with E-state index in [1.54, 1.807) is 0 Å². The van der Waals surface area contributed by atoms with Crippen LogP contribution >= 0.6 is 0 Å². The van der Waals surface area contributed by atoms with Crippen molar-refractivity contribution in [3.05, 3.63) is 12.7 Å². The van der Waals surface area contributed by atoms with Crippen molar-refractivity contribution >= 4 is 0 Å². The van der Waals surface area contributed by atoms with E-state index >= 15 is 0 Å². The molecule has 0 rings (SSSR count). The first kappa shape index (κ1) is 14.7. The molecule has 0 aromatic rings. The molecule has 0 fully saturated rings. The summed E-state index contributed by atoms with van der Waals surface area (Å²) in [4.78, 5) is 0. The topological polar surface area (TPSA) is 12.0 Å². The Kier molecular flexibility index (Phi) is 8.79. The van der Waals surface area contributed by atoms with Gasteiger partial charge in [-0.1, -0.05) is 32.8 Å². The molecule has 0 aliphatic carbocycles. The Morgan fingerprint density at radius 2 is 1.60 bits per heavy atom. The van der Waals surface area contributed by atoms with Gasteiger partial charge in [0.25, 0.3) is 0 Å². The molecule has 0 saturated carbocycles. The highest BCUT2D eigenvalue weighted by atomic mass is 14.9. The van der Waals surface area contributed by atoms with Gasteiger partial charge in [-0.05, 0) is 39.0 Å². The zero-order valence-electron chi connectivity index (χ0n) is 11.1. The van der Waals surface area contributed by atoms with Gasteiger partial charge in [-0.2, -0.15) is 0 Å². The van der Waals surface area contributed by atoms with Crippen molar-refractivity contribution in [2.24, 2.45) is 5.92 Å². The smallest absolute Gasteiger partial charge is 0.00441 e. The lowest BCUT2D eigenvalue weighted by Crippen LogP contribution is -2.34. The molecular weight excluding hydrogens is 182 g/mol. The summed E-state index contributed by atoms with van der Waals surface area (Å²) in [5.74, 6) is 0.843. The van der Waals surface area contributed by atoms with E-state index in [4.69, 9.17) is 0 Å². The summed E-state index contributed by atoms with van der Waals surface area (Å²) in [6.07, 6.45) is 8.33. The predicted octanol–water partition coefficient (Wildman–Crippen LogP) is 4.15. The van der Waals surface area contributed by atoms with E-state index < -0.39 is 0 Å². The summed E-state index contributed by atoms with van der Waals surface area (Å²) in [5.41, 5.74) is 0. The highest BCUT2D eigenvalue weighted by Crippen LogP contribution is 2.09. The SMILES string of the molecule is C=CCCC(C)NC(C)CCCC(C)C. The third kappa shape index (κ3) is 9.99. The normalized spacial score (nSPS) is 15.3. The Hall–Kier alpha value is -0.300. The molecule has 15 heavy (non-hydrogen) atoms. The van der Waals surface area contributed by atoms with Crippen LogP contribution in [-0.2, 0) is 0 Å². The Balaban J connectivity index is 3.45. The molecule has 0 bridgehead atoms. The van der Waals surface area contributed by atoms with Gasteiger partial charge in [0.05, 0.1) is 0 Å². The van der Waals surface area contributed by atoms with E-state index in [1.807, 2.05) is 6.08 Å². The fourth-order valence-corrected chi connectivity index (χ4v) is 1.85. The molecule has 90 valence electrons. The predicted molar refractivity (Wildman–Crippen MR) is 70.2 cm³/mol. The van der Waals surface area contributed by atoms with Crippen molar-refractivity contribution in [1.82, 2.24) is 5.32 Å². The number of hydrogen-bond donors (Lipinski definition) is 1. The molecule has 0 heterocycles. The second-order valence-corrected chi connectivity index (χ2v) is 5.16. The summed E-state index contributed by atoms with van der Waals surface area (Å²) in [5, 5.41) is 3.64. The maximum atomic E-state index is 3.75. The highest BCUT2D eigenvalue weighted by molar-refractivity contribution is 4.73. The van der Waals surface area contributed by atoms with Gasteiger partial charge in [-0.25, -0.2) is 0 Å². The summed E-state index contributed by atoms with van der Waals surface area (Å²) < 4.78 is 0. The molecule has 0 saturated heterocycles. The Morgan fingerprint density at radius 3 is 2.13 bits per heavy atom. The minimum Gasteiger partial charge on any atom is -0.312 e. The minimum atomic E-state index is 0.622. The molecule has 2 atom stereocenters. The minimum absolute atomic E-state index is 0.622. The van der Waals surface area contributed by atoms with Crippen molar-refractivity contribution in [3.8, 4) is 0 Å². The molecule has 1 heteroatoms. The number of hydrogen-bond acceptors (Lipinski definition) is 1. The standard InChI is InChI=1S/C14H29N/c1-6-7-10-13(4)15-14(5)11-8-9-12(2)3/h6,12-15H,1,7-11H2,2-5H3. The van der Waals surface area contributed by atoms with Crippen LogP contribution in [0, 0.1) is 5.92 Å². The Labute approximate surface area is 96.3 Å². The van der Waals surface area contributed by atoms with Gasteiger partial charge in [0.2, 0.25) is 0 Å². The molecule has 0 radical (unpaired) electrons. The molecule has 0 aliphatic heterocycles. The molecule has 1 N–H and O–H groups in total. The van der Waals surface area contributed by atoms with Crippen LogP contribution < -0.4 is 5.32 Å². The molecule has 0 aromatic heterocycles. The number of rotatable bonds is 9. The van der Waals surface area contributed by atoms with Gasteiger partial charge in [0.15, 0.2) is 0 Å². The first-order chi connectivity index (χ1) is 7.06. The average molecular weight is 211 g/mol. The van der Waals surface area contributed by atoms with Gasteiger partial charge in [0, 0.05) is 12.1 Å². The van der Waals surface area contributed by atoms with Crippen molar-refractivity contribution < 1.29 is 0 Å².